The molecule has 18 heavy (non-hydrogen) atoms. The lowest BCUT2D eigenvalue weighted by atomic mass is 10.0. The molecule has 0 amide bonds. The van der Waals surface area contributed by atoms with E-state index >= 15 is 0 Å². The van der Waals surface area contributed by atoms with Crippen molar-refractivity contribution in [3.8, 4) is 5.75 Å². The van der Waals surface area contributed by atoms with Crippen LogP contribution in [0.4, 0.5) is 0 Å². The van der Waals surface area contributed by atoms with E-state index in [4.69, 9.17) is 10.6 Å². The Morgan fingerprint density at radius 1 is 1.33 bits per heavy atom. The zero-order valence-electron chi connectivity index (χ0n) is 10.6. The SMILES string of the molecule is CCc1ccc(C(NN)c2cc(OC)cs2)cc1. The van der Waals surface area contributed by atoms with Crippen molar-refractivity contribution >= 4 is 11.3 Å². The molecule has 0 spiro atoms. The summed E-state index contributed by atoms with van der Waals surface area (Å²) in [7, 11) is 1.67. The van der Waals surface area contributed by atoms with Gasteiger partial charge in [-0.2, -0.15) is 0 Å². The van der Waals surface area contributed by atoms with E-state index in [9.17, 15) is 0 Å². The summed E-state index contributed by atoms with van der Waals surface area (Å²) < 4.78 is 5.20. The van der Waals surface area contributed by atoms with Crippen LogP contribution < -0.4 is 16.0 Å². The Labute approximate surface area is 112 Å². The summed E-state index contributed by atoms with van der Waals surface area (Å²) in [6.07, 6.45) is 1.05. The number of ether oxygens (including phenoxy) is 1. The quantitative estimate of drug-likeness (QED) is 0.643. The first-order chi connectivity index (χ1) is 8.78. The molecule has 0 aliphatic heterocycles. The Hall–Kier alpha value is -1.36. The molecule has 3 N–H and O–H groups in total. The van der Waals surface area contributed by atoms with Gasteiger partial charge in [0.2, 0.25) is 0 Å². The number of methoxy groups -OCH3 is 1. The van der Waals surface area contributed by atoms with Gasteiger partial charge in [0.05, 0.1) is 13.2 Å². The number of hydrogen-bond acceptors (Lipinski definition) is 4. The second-order valence-electron chi connectivity index (χ2n) is 4.08. The van der Waals surface area contributed by atoms with Crippen LogP contribution in [0.25, 0.3) is 0 Å². The van der Waals surface area contributed by atoms with E-state index in [1.54, 1.807) is 18.4 Å². The van der Waals surface area contributed by atoms with Crippen molar-refractivity contribution in [2.45, 2.75) is 19.4 Å². The van der Waals surface area contributed by atoms with Crippen LogP contribution >= 0.6 is 11.3 Å². The molecule has 0 saturated heterocycles. The molecule has 1 aromatic heterocycles. The molecule has 3 nitrogen and oxygen atoms in total. The first kappa shape index (κ1) is 13.1. The van der Waals surface area contributed by atoms with Gasteiger partial charge in [0.1, 0.15) is 5.75 Å². The number of thiophene rings is 1. The standard InChI is InChI=1S/C14H18N2OS/c1-3-10-4-6-11(7-5-10)14(16-15)13-8-12(17-2)9-18-13/h4-9,14,16H,3,15H2,1-2H3. The van der Waals surface area contributed by atoms with Crippen LogP contribution in [0, 0.1) is 0 Å². The largest absolute Gasteiger partial charge is 0.496 e. The normalized spacial score (nSPS) is 12.4. The molecule has 0 bridgehead atoms. The number of nitrogens with two attached hydrogens (primary N) is 1. The fraction of sp³-hybridized carbons (Fsp3) is 0.286. The molecule has 1 unspecified atom stereocenters. The van der Waals surface area contributed by atoms with Gasteiger partial charge in [-0.05, 0) is 23.6 Å². The fourth-order valence-electron chi connectivity index (χ4n) is 1.88. The van der Waals surface area contributed by atoms with Crippen LogP contribution in [-0.2, 0) is 6.42 Å². The second kappa shape index (κ2) is 6.00. The molecule has 4 heteroatoms. The maximum Gasteiger partial charge on any atom is 0.129 e. The number of hydrazine groups is 1. The predicted octanol–water partition coefficient (Wildman–Crippen LogP) is 2.87. The molecular formula is C14H18N2OS. The minimum Gasteiger partial charge on any atom is -0.496 e. The highest BCUT2D eigenvalue weighted by molar-refractivity contribution is 7.10. The Bertz CT molecular complexity index is 493. The third-order valence-corrected chi connectivity index (χ3v) is 3.98. The van der Waals surface area contributed by atoms with Crippen LogP contribution in [0.2, 0.25) is 0 Å². The van der Waals surface area contributed by atoms with Crippen LogP contribution in [0.3, 0.4) is 0 Å². The molecule has 0 radical (unpaired) electrons. The van der Waals surface area contributed by atoms with E-state index in [1.165, 1.54) is 11.1 Å². The van der Waals surface area contributed by atoms with Crippen molar-refractivity contribution in [2.24, 2.45) is 5.84 Å². The average Bonchev–Trinajstić information content (AvgIpc) is 2.89. The zero-order chi connectivity index (χ0) is 13.0. The minimum atomic E-state index is 0.0183. The molecule has 2 rings (SSSR count). The minimum absolute atomic E-state index is 0.0183. The molecule has 0 aliphatic rings. The molecular weight excluding hydrogens is 244 g/mol. The molecule has 2 aromatic rings. The topological polar surface area (TPSA) is 47.3 Å². The lowest BCUT2D eigenvalue weighted by Crippen LogP contribution is -2.28. The van der Waals surface area contributed by atoms with Gasteiger partial charge in [0.25, 0.3) is 0 Å². The summed E-state index contributed by atoms with van der Waals surface area (Å²) in [5, 5.41) is 1.99. The molecule has 1 atom stereocenters. The van der Waals surface area contributed by atoms with E-state index in [-0.39, 0.29) is 6.04 Å². The highest BCUT2D eigenvalue weighted by Gasteiger charge is 2.14. The van der Waals surface area contributed by atoms with E-state index < -0.39 is 0 Å². The van der Waals surface area contributed by atoms with Gasteiger partial charge in [0, 0.05) is 10.3 Å². The smallest absolute Gasteiger partial charge is 0.129 e. The maximum absolute atomic E-state index is 5.67. The molecule has 1 heterocycles. The summed E-state index contributed by atoms with van der Waals surface area (Å²) >= 11 is 1.64. The Morgan fingerprint density at radius 2 is 2.06 bits per heavy atom. The van der Waals surface area contributed by atoms with Crippen LogP contribution in [-0.4, -0.2) is 7.11 Å². The fourth-order valence-corrected chi connectivity index (χ4v) is 2.82. The number of aryl methyl sites for hydroxylation is 1. The highest BCUT2D eigenvalue weighted by atomic mass is 32.1. The highest BCUT2D eigenvalue weighted by Crippen LogP contribution is 2.30. The lowest BCUT2D eigenvalue weighted by Gasteiger charge is -2.15. The van der Waals surface area contributed by atoms with Gasteiger partial charge in [-0.15, -0.1) is 11.3 Å². The van der Waals surface area contributed by atoms with Crippen molar-refractivity contribution in [2.75, 3.05) is 7.11 Å². The number of rotatable bonds is 5. The van der Waals surface area contributed by atoms with Crippen molar-refractivity contribution in [1.82, 2.24) is 5.43 Å². The van der Waals surface area contributed by atoms with E-state index in [0.717, 1.165) is 17.0 Å². The van der Waals surface area contributed by atoms with Crippen molar-refractivity contribution in [3.63, 3.8) is 0 Å². The summed E-state index contributed by atoms with van der Waals surface area (Å²) in [6, 6.07) is 10.6. The van der Waals surface area contributed by atoms with E-state index in [2.05, 4.69) is 36.6 Å². The van der Waals surface area contributed by atoms with Crippen molar-refractivity contribution in [3.05, 3.63) is 51.7 Å². The lowest BCUT2D eigenvalue weighted by molar-refractivity contribution is 0.416. The number of hydrogen-bond donors (Lipinski definition) is 2. The van der Waals surface area contributed by atoms with Crippen LogP contribution in [0.15, 0.2) is 35.7 Å². The summed E-state index contributed by atoms with van der Waals surface area (Å²) in [4.78, 5) is 1.15. The van der Waals surface area contributed by atoms with Crippen molar-refractivity contribution in [1.29, 1.82) is 0 Å². The van der Waals surface area contributed by atoms with Gasteiger partial charge in [0.15, 0.2) is 0 Å². The first-order valence-corrected chi connectivity index (χ1v) is 6.83. The Balaban J connectivity index is 2.26. The molecule has 1 aromatic carbocycles. The molecule has 0 saturated carbocycles. The third kappa shape index (κ3) is 2.72. The second-order valence-corrected chi connectivity index (χ2v) is 5.03. The monoisotopic (exact) mass is 262 g/mol. The molecule has 96 valence electrons. The van der Waals surface area contributed by atoms with Gasteiger partial charge >= 0.3 is 0 Å². The predicted molar refractivity (Wildman–Crippen MR) is 75.9 cm³/mol. The van der Waals surface area contributed by atoms with Gasteiger partial charge in [-0.25, -0.2) is 5.43 Å². The van der Waals surface area contributed by atoms with Gasteiger partial charge in [-0.1, -0.05) is 31.2 Å². The molecule has 0 fully saturated rings. The first-order valence-electron chi connectivity index (χ1n) is 5.95. The van der Waals surface area contributed by atoms with E-state index in [0.29, 0.717) is 0 Å². The third-order valence-electron chi connectivity index (χ3n) is 3.00. The zero-order valence-corrected chi connectivity index (χ0v) is 11.5. The number of benzene rings is 1. The van der Waals surface area contributed by atoms with Crippen LogP contribution in [0.1, 0.15) is 29.0 Å². The van der Waals surface area contributed by atoms with E-state index in [1.807, 2.05) is 11.4 Å². The Morgan fingerprint density at radius 3 is 2.56 bits per heavy atom. The molecule has 0 aliphatic carbocycles. The number of nitrogens with one attached hydrogen (secondary N) is 1. The van der Waals surface area contributed by atoms with Crippen LogP contribution in [0.5, 0.6) is 5.75 Å². The summed E-state index contributed by atoms with van der Waals surface area (Å²) in [6.45, 7) is 2.15. The maximum atomic E-state index is 5.67. The summed E-state index contributed by atoms with van der Waals surface area (Å²) in [5.74, 6) is 6.55. The van der Waals surface area contributed by atoms with Crippen molar-refractivity contribution < 1.29 is 4.74 Å². The average molecular weight is 262 g/mol. The van der Waals surface area contributed by atoms with Gasteiger partial charge < -0.3 is 4.74 Å². The van der Waals surface area contributed by atoms with Gasteiger partial charge in [-0.3, -0.25) is 5.84 Å². The summed E-state index contributed by atoms with van der Waals surface area (Å²) in [5.41, 5.74) is 5.36. The Kier molecular flexibility index (Phi) is 4.36.